The molecule has 0 fully saturated rings. The van der Waals surface area contributed by atoms with Gasteiger partial charge in [0.25, 0.3) is 0 Å². The maximum absolute atomic E-state index is 9.53. The van der Waals surface area contributed by atoms with Gasteiger partial charge in [-0.15, -0.1) is 0 Å². The topological polar surface area (TPSA) is 63.9 Å². The van der Waals surface area contributed by atoms with E-state index in [2.05, 4.69) is 0 Å². The van der Waals surface area contributed by atoms with Crippen molar-refractivity contribution in [3.8, 4) is 0 Å². The molecule has 0 spiro atoms. The largest absolute Gasteiger partial charge is 0.396 e. The van der Waals surface area contributed by atoms with Crippen LogP contribution in [-0.2, 0) is 0 Å². The molecule has 0 aromatic rings. The molecule has 80 valence electrons. The van der Waals surface area contributed by atoms with E-state index in [4.69, 9.17) is 5.11 Å². The summed E-state index contributed by atoms with van der Waals surface area (Å²) in [6.45, 7) is 4.34. The maximum atomic E-state index is 9.53. The Morgan fingerprint density at radius 2 is 1.54 bits per heavy atom. The minimum absolute atomic E-state index is 0.0867. The van der Waals surface area contributed by atoms with Gasteiger partial charge in [0.05, 0.1) is 0 Å². The zero-order chi connectivity index (χ0) is 10.3. The van der Waals surface area contributed by atoms with Crippen LogP contribution in [-0.4, -0.2) is 45.8 Å². The molecule has 0 aliphatic carbocycles. The molecule has 0 radical (unpaired) electrons. The van der Waals surface area contributed by atoms with E-state index < -0.39 is 12.5 Å². The summed E-state index contributed by atoms with van der Waals surface area (Å²) < 4.78 is 0. The van der Waals surface area contributed by atoms with Crippen LogP contribution in [0, 0.1) is 0 Å². The van der Waals surface area contributed by atoms with Crippen molar-refractivity contribution in [3.63, 3.8) is 0 Å². The van der Waals surface area contributed by atoms with Gasteiger partial charge in [-0.1, -0.05) is 13.8 Å². The summed E-state index contributed by atoms with van der Waals surface area (Å²) in [5.41, 5.74) is 0. The molecule has 0 aliphatic heterocycles. The second kappa shape index (κ2) is 7.26. The highest BCUT2D eigenvalue weighted by Crippen LogP contribution is 2.08. The van der Waals surface area contributed by atoms with E-state index >= 15 is 0 Å². The predicted octanol–water partition coefficient (Wildman–Crippen LogP) is 0.128. The molecular weight excluding hydrogens is 170 g/mol. The van der Waals surface area contributed by atoms with E-state index in [9.17, 15) is 10.2 Å². The van der Waals surface area contributed by atoms with E-state index in [0.29, 0.717) is 25.8 Å². The second-order valence-corrected chi connectivity index (χ2v) is 3.09. The van der Waals surface area contributed by atoms with Crippen molar-refractivity contribution in [2.45, 2.75) is 45.6 Å². The Hall–Kier alpha value is -0.160. The first kappa shape index (κ1) is 12.8. The normalized spacial score (nSPS) is 16.2. The number of aliphatic hydroxyl groups is 3. The SMILES string of the molecule is CCC(O)N(CCCO)C(O)CC. The highest BCUT2D eigenvalue weighted by atomic mass is 16.3. The third-order valence-electron chi connectivity index (χ3n) is 2.07. The summed E-state index contributed by atoms with van der Waals surface area (Å²) in [6, 6.07) is 0. The smallest absolute Gasteiger partial charge is 0.109 e. The van der Waals surface area contributed by atoms with Crippen LogP contribution in [0.5, 0.6) is 0 Å². The average Bonchev–Trinajstić information content (AvgIpc) is 2.17. The molecule has 0 saturated carbocycles. The Kier molecular flexibility index (Phi) is 7.17. The molecule has 2 unspecified atom stereocenters. The number of rotatable bonds is 7. The first-order valence-electron chi connectivity index (χ1n) is 4.90. The number of hydrogen-bond donors (Lipinski definition) is 3. The van der Waals surface area contributed by atoms with Crippen molar-refractivity contribution in [2.75, 3.05) is 13.2 Å². The van der Waals surface area contributed by atoms with Gasteiger partial charge in [-0.3, -0.25) is 4.90 Å². The Bertz CT molecular complexity index is 111. The highest BCUT2D eigenvalue weighted by molar-refractivity contribution is 4.63. The lowest BCUT2D eigenvalue weighted by Gasteiger charge is -2.30. The summed E-state index contributed by atoms with van der Waals surface area (Å²) in [5, 5.41) is 27.7. The first-order chi connectivity index (χ1) is 6.17. The molecule has 0 aromatic heterocycles. The molecule has 0 aromatic carbocycles. The van der Waals surface area contributed by atoms with Crippen LogP contribution in [0.15, 0.2) is 0 Å². The fraction of sp³-hybridized carbons (Fsp3) is 1.00. The minimum atomic E-state index is -0.610. The van der Waals surface area contributed by atoms with Gasteiger partial charge in [0.15, 0.2) is 0 Å². The molecule has 0 bridgehead atoms. The summed E-state index contributed by atoms with van der Waals surface area (Å²) in [7, 11) is 0. The summed E-state index contributed by atoms with van der Waals surface area (Å²) in [6.07, 6.45) is 0.530. The lowest BCUT2D eigenvalue weighted by molar-refractivity contribution is -0.105. The second-order valence-electron chi connectivity index (χ2n) is 3.09. The lowest BCUT2D eigenvalue weighted by Crippen LogP contribution is -2.43. The molecule has 4 heteroatoms. The van der Waals surface area contributed by atoms with Crippen LogP contribution < -0.4 is 0 Å². The molecular formula is C9H21NO3. The molecule has 0 amide bonds. The van der Waals surface area contributed by atoms with E-state index in [-0.39, 0.29) is 6.61 Å². The van der Waals surface area contributed by atoms with Crippen molar-refractivity contribution < 1.29 is 15.3 Å². The molecule has 0 rings (SSSR count). The molecule has 3 N–H and O–H groups in total. The Balaban J connectivity index is 4.01. The van der Waals surface area contributed by atoms with Gasteiger partial charge < -0.3 is 15.3 Å². The average molecular weight is 191 g/mol. The monoisotopic (exact) mass is 191 g/mol. The predicted molar refractivity (Wildman–Crippen MR) is 51.0 cm³/mol. The zero-order valence-corrected chi connectivity index (χ0v) is 8.48. The van der Waals surface area contributed by atoms with Crippen LogP contribution in [0.4, 0.5) is 0 Å². The Labute approximate surface area is 79.8 Å². The quantitative estimate of drug-likeness (QED) is 0.500. The number of nitrogens with zero attached hydrogens (tertiary/aromatic N) is 1. The highest BCUT2D eigenvalue weighted by Gasteiger charge is 2.19. The van der Waals surface area contributed by atoms with Gasteiger partial charge >= 0.3 is 0 Å². The van der Waals surface area contributed by atoms with Gasteiger partial charge in [-0.2, -0.15) is 0 Å². The third-order valence-corrected chi connectivity index (χ3v) is 2.07. The van der Waals surface area contributed by atoms with Gasteiger partial charge in [0, 0.05) is 13.2 Å². The lowest BCUT2D eigenvalue weighted by atomic mass is 10.2. The zero-order valence-electron chi connectivity index (χ0n) is 8.48. The molecule has 0 heterocycles. The van der Waals surface area contributed by atoms with Crippen LogP contribution in [0.1, 0.15) is 33.1 Å². The van der Waals surface area contributed by atoms with Gasteiger partial charge in [-0.05, 0) is 19.3 Å². The van der Waals surface area contributed by atoms with Crippen LogP contribution in [0.3, 0.4) is 0 Å². The fourth-order valence-corrected chi connectivity index (χ4v) is 1.22. The molecule has 2 atom stereocenters. The van der Waals surface area contributed by atoms with Crippen molar-refractivity contribution >= 4 is 0 Å². The molecule has 4 nitrogen and oxygen atoms in total. The van der Waals surface area contributed by atoms with Gasteiger partial charge in [0.1, 0.15) is 12.5 Å². The summed E-state index contributed by atoms with van der Waals surface area (Å²) in [4.78, 5) is 1.61. The van der Waals surface area contributed by atoms with E-state index in [1.807, 2.05) is 13.8 Å². The van der Waals surface area contributed by atoms with E-state index in [0.717, 1.165) is 0 Å². The molecule has 0 aliphatic rings. The number of hydrogen-bond acceptors (Lipinski definition) is 4. The van der Waals surface area contributed by atoms with Crippen LogP contribution in [0.25, 0.3) is 0 Å². The van der Waals surface area contributed by atoms with Crippen molar-refractivity contribution in [1.82, 2.24) is 4.90 Å². The fourth-order valence-electron chi connectivity index (χ4n) is 1.22. The molecule has 0 saturated heterocycles. The third kappa shape index (κ3) is 4.57. The maximum Gasteiger partial charge on any atom is 0.109 e. The molecule has 13 heavy (non-hydrogen) atoms. The summed E-state index contributed by atoms with van der Waals surface area (Å²) in [5.74, 6) is 0. The van der Waals surface area contributed by atoms with Crippen molar-refractivity contribution in [1.29, 1.82) is 0 Å². The summed E-state index contributed by atoms with van der Waals surface area (Å²) >= 11 is 0. The van der Waals surface area contributed by atoms with Crippen molar-refractivity contribution in [3.05, 3.63) is 0 Å². The first-order valence-corrected chi connectivity index (χ1v) is 4.90. The Morgan fingerprint density at radius 3 is 1.85 bits per heavy atom. The minimum Gasteiger partial charge on any atom is -0.396 e. The van der Waals surface area contributed by atoms with E-state index in [1.165, 1.54) is 0 Å². The van der Waals surface area contributed by atoms with Crippen LogP contribution >= 0.6 is 0 Å². The van der Waals surface area contributed by atoms with Crippen molar-refractivity contribution in [2.24, 2.45) is 0 Å². The number of aliphatic hydroxyl groups excluding tert-OH is 3. The van der Waals surface area contributed by atoms with Gasteiger partial charge in [-0.25, -0.2) is 0 Å². The Morgan fingerprint density at radius 1 is 1.08 bits per heavy atom. The standard InChI is InChI=1S/C9H21NO3/c1-3-8(12)10(6-5-7-11)9(13)4-2/h8-9,11-13H,3-7H2,1-2H3. The van der Waals surface area contributed by atoms with E-state index in [1.54, 1.807) is 4.90 Å². The van der Waals surface area contributed by atoms with Crippen LogP contribution in [0.2, 0.25) is 0 Å². The van der Waals surface area contributed by atoms with Gasteiger partial charge in [0.2, 0.25) is 0 Å².